The number of carbonyl (C=O) groups excluding carboxylic acids is 1. The Morgan fingerprint density at radius 1 is 1.25 bits per heavy atom. The molecule has 0 aliphatic carbocycles. The lowest BCUT2D eigenvalue weighted by Crippen LogP contribution is -2.30. The third-order valence-corrected chi connectivity index (χ3v) is 3.04. The average molecular weight is 292 g/mol. The van der Waals surface area contributed by atoms with Crippen molar-refractivity contribution in [3.05, 3.63) is 33.8 Å². The van der Waals surface area contributed by atoms with Gasteiger partial charge in [0.15, 0.2) is 0 Å². The highest BCUT2D eigenvalue weighted by atomic mass is 79.9. The highest BCUT2D eigenvalue weighted by Crippen LogP contribution is 2.21. The molecule has 0 aliphatic heterocycles. The van der Waals surface area contributed by atoms with E-state index in [1.807, 2.05) is 13.8 Å². The zero-order chi connectivity index (χ0) is 12.3. The monoisotopic (exact) mass is 291 g/mol. The summed E-state index contributed by atoms with van der Waals surface area (Å²) in [5.41, 5.74) is 0.0295. The van der Waals surface area contributed by atoms with Crippen molar-refractivity contribution in [3.8, 4) is 0 Å². The standard InChI is InChI=1S/C11H12BrF2NO/c1-3-15(4-2)11(16)7-5-8(13)10(12)9(14)6-7/h5-6H,3-4H2,1-2H3. The van der Waals surface area contributed by atoms with E-state index in [9.17, 15) is 13.6 Å². The summed E-state index contributed by atoms with van der Waals surface area (Å²) in [6.07, 6.45) is 0. The third-order valence-electron chi connectivity index (χ3n) is 2.28. The summed E-state index contributed by atoms with van der Waals surface area (Å²) in [5.74, 6) is -1.90. The van der Waals surface area contributed by atoms with E-state index in [-0.39, 0.29) is 15.9 Å². The first-order valence-corrected chi connectivity index (χ1v) is 5.74. The summed E-state index contributed by atoms with van der Waals surface area (Å²) < 4.78 is 26.2. The van der Waals surface area contributed by atoms with Crippen LogP contribution < -0.4 is 0 Å². The number of nitrogens with zero attached hydrogens (tertiary/aromatic N) is 1. The molecular weight excluding hydrogens is 280 g/mol. The molecule has 0 aromatic heterocycles. The van der Waals surface area contributed by atoms with E-state index in [1.165, 1.54) is 4.90 Å². The maximum atomic E-state index is 13.2. The van der Waals surface area contributed by atoms with Crippen molar-refractivity contribution in [3.63, 3.8) is 0 Å². The number of carbonyl (C=O) groups is 1. The molecular formula is C11H12BrF2NO. The van der Waals surface area contributed by atoms with Gasteiger partial charge in [-0.2, -0.15) is 0 Å². The Balaban J connectivity index is 3.10. The lowest BCUT2D eigenvalue weighted by molar-refractivity contribution is 0.0772. The topological polar surface area (TPSA) is 20.3 Å². The molecule has 0 aliphatic rings. The van der Waals surface area contributed by atoms with Gasteiger partial charge < -0.3 is 4.90 Å². The Labute approximate surface area is 101 Å². The van der Waals surface area contributed by atoms with Crippen LogP contribution in [0.5, 0.6) is 0 Å². The molecule has 1 aromatic rings. The first-order chi connectivity index (χ1) is 7.51. The lowest BCUT2D eigenvalue weighted by atomic mass is 10.2. The molecule has 0 saturated heterocycles. The normalized spacial score (nSPS) is 10.3. The van der Waals surface area contributed by atoms with E-state index >= 15 is 0 Å². The van der Waals surface area contributed by atoms with Crippen LogP contribution in [0.3, 0.4) is 0 Å². The van der Waals surface area contributed by atoms with Crippen molar-refractivity contribution in [2.75, 3.05) is 13.1 Å². The minimum absolute atomic E-state index is 0.0295. The molecule has 1 rings (SSSR count). The zero-order valence-corrected chi connectivity index (χ0v) is 10.6. The minimum atomic E-state index is -0.768. The zero-order valence-electron chi connectivity index (χ0n) is 9.06. The SMILES string of the molecule is CCN(CC)C(=O)c1cc(F)c(Br)c(F)c1. The summed E-state index contributed by atoms with van der Waals surface area (Å²) >= 11 is 2.76. The second kappa shape index (κ2) is 5.39. The highest BCUT2D eigenvalue weighted by molar-refractivity contribution is 9.10. The molecule has 1 amide bonds. The van der Waals surface area contributed by atoms with Gasteiger partial charge in [-0.1, -0.05) is 0 Å². The van der Waals surface area contributed by atoms with Gasteiger partial charge in [0.1, 0.15) is 11.6 Å². The number of rotatable bonds is 3. The third kappa shape index (κ3) is 2.58. The van der Waals surface area contributed by atoms with Crippen LogP contribution in [0.25, 0.3) is 0 Å². The molecule has 88 valence electrons. The first-order valence-electron chi connectivity index (χ1n) is 4.95. The van der Waals surface area contributed by atoms with Gasteiger partial charge in [0, 0.05) is 18.7 Å². The largest absolute Gasteiger partial charge is 0.339 e. The number of hydrogen-bond donors (Lipinski definition) is 0. The van der Waals surface area contributed by atoms with Crippen LogP contribution in [0.2, 0.25) is 0 Å². The molecule has 0 bridgehead atoms. The molecule has 0 fully saturated rings. The van der Waals surface area contributed by atoms with Crippen molar-refractivity contribution in [1.29, 1.82) is 0 Å². The molecule has 0 radical (unpaired) electrons. The fraction of sp³-hybridized carbons (Fsp3) is 0.364. The highest BCUT2D eigenvalue weighted by Gasteiger charge is 2.16. The lowest BCUT2D eigenvalue weighted by Gasteiger charge is -2.18. The second-order valence-corrected chi connectivity index (χ2v) is 4.02. The second-order valence-electron chi connectivity index (χ2n) is 3.23. The maximum absolute atomic E-state index is 13.2. The van der Waals surface area contributed by atoms with Crippen LogP contribution in [0, 0.1) is 11.6 Å². The minimum Gasteiger partial charge on any atom is -0.339 e. The molecule has 5 heteroatoms. The summed E-state index contributed by atoms with van der Waals surface area (Å²) in [4.78, 5) is 13.3. The van der Waals surface area contributed by atoms with Crippen LogP contribution in [-0.4, -0.2) is 23.9 Å². The number of benzene rings is 1. The van der Waals surface area contributed by atoms with Crippen molar-refractivity contribution in [1.82, 2.24) is 4.90 Å². The molecule has 16 heavy (non-hydrogen) atoms. The van der Waals surface area contributed by atoms with Crippen molar-refractivity contribution in [2.24, 2.45) is 0 Å². The van der Waals surface area contributed by atoms with Crippen LogP contribution >= 0.6 is 15.9 Å². The van der Waals surface area contributed by atoms with E-state index in [1.54, 1.807) is 0 Å². The van der Waals surface area contributed by atoms with Gasteiger partial charge in [-0.25, -0.2) is 8.78 Å². The van der Waals surface area contributed by atoms with Crippen LogP contribution in [-0.2, 0) is 0 Å². The number of amides is 1. The van der Waals surface area contributed by atoms with Gasteiger partial charge in [-0.15, -0.1) is 0 Å². The van der Waals surface area contributed by atoms with E-state index in [0.717, 1.165) is 12.1 Å². The Bertz CT molecular complexity index is 382. The van der Waals surface area contributed by atoms with Gasteiger partial charge in [-0.3, -0.25) is 4.79 Å². The fourth-order valence-electron chi connectivity index (χ4n) is 1.37. The van der Waals surface area contributed by atoms with E-state index in [2.05, 4.69) is 15.9 Å². The Kier molecular flexibility index (Phi) is 4.41. The smallest absolute Gasteiger partial charge is 0.254 e. The summed E-state index contributed by atoms with van der Waals surface area (Å²) in [6, 6.07) is 2.07. The van der Waals surface area contributed by atoms with Crippen molar-refractivity contribution >= 4 is 21.8 Å². The Morgan fingerprint density at radius 3 is 2.06 bits per heavy atom. The van der Waals surface area contributed by atoms with Gasteiger partial charge in [-0.05, 0) is 41.9 Å². The van der Waals surface area contributed by atoms with Crippen molar-refractivity contribution in [2.45, 2.75) is 13.8 Å². The van der Waals surface area contributed by atoms with Crippen LogP contribution in [0.1, 0.15) is 24.2 Å². The molecule has 0 heterocycles. The van der Waals surface area contributed by atoms with Crippen molar-refractivity contribution < 1.29 is 13.6 Å². The number of halogens is 3. The molecule has 0 spiro atoms. The predicted molar refractivity (Wildman–Crippen MR) is 61.3 cm³/mol. The fourth-order valence-corrected chi connectivity index (χ4v) is 1.60. The van der Waals surface area contributed by atoms with Crippen LogP contribution in [0.4, 0.5) is 8.78 Å². The quantitative estimate of drug-likeness (QED) is 0.783. The van der Waals surface area contributed by atoms with Gasteiger partial charge >= 0.3 is 0 Å². The van der Waals surface area contributed by atoms with Gasteiger partial charge in [0.25, 0.3) is 5.91 Å². The predicted octanol–water partition coefficient (Wildman–Crippen LogP) is 3.21. The molecule has 0 atom stereocenters. The average Bonchev–Trinajstić information content (AvgIpc) is 2.26. The van der Waals surface area contributed by atoms with E-state index < -0.39 is 11.6 Å². The molecule has 0 saturated carbocycles. The van der Waals surface area contributed by atoms with Gasteiger partial charge in [0.2, 0.25) is 0 Å². The summed E-state index contributed by atoms with van der Waals surface area (Å²) in [6.45, 7) is 4.64. The summed E-state index contributed by atoms with van der Waals surface area (Å²) in [7, 11) is 0. The molecule has 0 unspecified atom stereocenters. The Hall–Kier alpha value is -0.970. The van der Waals surface area contributed by atoms with E-state index in [0.29, 0.717) is 13.1 Å². The molecule has 2 nitrogen and oxygen atoms in total. The van der Waals surface area contributed by atoms with Crippen LogP contribution in [0.15, 0.2) is 16.6 Å². The Morgan fingerprint density at radius 2 is 1.69 bits per heavy atom. The van der Waals surface area contributed by atoms with E-state index in [4.69, 9.17) is 0 Å². The summed E-state index contributed by atoms with van der Waals surface area (Å²) in [5, 5.41) is 0. The molecule has 1 aromatic carbocycles. The molecule has 0 N–H and O–H groups in total. The number of hydrogen-bond acceptors (Lipinski definition) is 1. The van der Waals surface area contributed by atoms with Gasteiger partial charge in [0.05, 0.1) is 4.47 Å². The maximum Gasteiger partial charge on any atom is 0.254 e. The first kappa shape index (κ1) is 13.1.